The Hall–Kier alpha value is -4.01. The van der Waals surface area contributed by atoms with Gasteiger partial charge in [0.15, 0.2) is 0 Å². The van der Waals surface area contributed by atoms with Crippen LogP contribution in [0.5, 0.6) is 0 Å². The zero-order valence-electron chi connectivity index (χ0n) is 17.0. The van der Waals surface area contributed by atoms with Gasteiger partial charge in [-0.15, -0.1) is 0 Å². The van der Waals surface area contributed by atoms with Gasteiger partial charge in [-0.1, -0.05) is 13.0 Å². The Morgan fingerprint density at radius 1 is 1.10 bits per heavy atom. The fourth-order valence-corrected chi connectivity index (χ4v) is 3.34. The number of halogens is 1. The number of aromatic nitrogens is 5. The zero-order chi connectivity index (χ0) is 22.0. The predicted molar refractivity (Wildman–Crippen MR) is 115 cm³/mol. The lowest BCUT2D eigenvalue weighted by molar-refractivity contribution is 0.100. The molecule has 0 radical (unpaired) electrons. The Labute approximate surface area is 177 Å². The molecular weight excluding hydrogens is 397 g/mol. The van der Waals surface area contributed by atoms with Gasteiger partial charge in [0.25, 0.3) is 0 Å². The number of primary amides is 1. The maximum absolute atomic E-state index is 14.4. The maximum Gasteiger partial charge on any atom is 0.249 e. The number of rotatable bonds is 6. The second-order valence-electron chi connectivity index (χ2n) is 7.20. The van der Waals surface area contributed by atoms with Crippen molar-refractivity contribution in [3.05, 3.63) is 71.8 Å². The maximum atomic E-state index is 14.4. The number of carbonyl (C=O) groups is 1. The minimum absolute atomic E-state index is 0.0590. The number of aryl methyl sites for hydroxylation is 1. The smallest absolute Gasteiger partial charge is 0.249 e. The predicted octanol–water partition coefficient (Wildman–Crippen LogP) is 3.24. The number of anilines is 1. The van der Waals surface area contributed by atoms with Crippen LogP contribution in [0.25, 0.3) is 22.3 Å². The fraction of sp³-hybridized carbons (Fsp3) is 0.182. The topological polar surface area (TPSA) is 120 Å². The second kappa shape index (κ2) is 8.39. The molecule has 0 aliphatic carbocycles. The minimum atomic E-state index is -0.693. The van der Waals surface area contributed by atoms with Crippen molar-refractivity contribution in [2.24, 2.45) is 5.73 Å². The first-order valence-corrected chi connectivity index (χ1v) is 9.66. The summed E-state index contributed by atoms with van der Waals surface area (Å²) in [4.78, 5) is 33.1. The molecule has 0 saturated heterocycles. The van der Waals surface area contributed by atoms with E-state index in [0.717, 1.165) is 11.3 Å². The fourth-order valence-electron chi connectivity index (χ4n) is 3.34. The van der Waals surface area contributed by atoms with E-state index in [-0.39, 0.29) is 16.9 Å². The molecule has 0 bridgehead atoms. The molecule has 3 heterocycles. The summed E-state index contributed by atoms with van der Waals surface area (Å²) in [6.07, 6.45) is 6.26. The van der Waals surface area contributed by atoms with E-state index in [1.165, 1.54) is 24.7 Å². The molecule has 3 aromatic heterocycles. The largest absolute Gasteiger partial charge is 0.369 e. The Bertz CT molecular complexity index is 1260. The summed E-state index contributed by atoms with van der Waals surface area (Å²) in [5.41, 5.74) is 8.87. The van der Waals surface area contributed by atoms with E-state index >= 15 is 0 Å². The standard InChI is InChI=1S/C22H20FN7O/c1-12(14-3-4-16(23)20-15(22(24)31)5-6-25-21(14)20)8-28-19-7-17(29-11-30-19)18-10-26-13(2)9-27-18/h3-7,9-12H,8H2,1-2H3,(H2,24,31)(H,28,29,30)/t12-/m1/s1. The number of hydrogen-bond donors (Lipinski definition) is 2. The summed E-state index contributed by atoms with van der Waals surface area (Å²) in [5, 5.41) is 3.41. The van der Waals surface area contributed by atoms with E-state index in [1.54, 1.807) is 24.5 Å². The van der Waals surface area contributed by atoms with E-state index in [1.807, 2.05) is 13.8 Å². The average molecular weight is 417 g/mol. The van der Waals surface area contributed by atoms with E-state index in [9.17, 15) is 9.18 Å². The number of nitrogens with zero attached hydrogens (tertiary/aromatic N) is 5. The zero-order valence-corrected chi connectivity index (χ0v) is 17.0. The van der Waals surface area contributed by atoms with Gasteiger partial charge in [-0.3, -0.25) is 19.7 Å². The van der Waals surface area contributed by atoms with Crippen LogP contribution in [-0.2, 0) is 0 Å². The molecule has 1 atom stereocenters. The monoisotopic (exact) mass is 417 g/mol. The molecule has 0 aliphatic rings. The van der Waals surface area contributed by atoms with Crippen molar-refractivity contribution < 1.29 is 9.18 Å². The normalized spacial score (nSPS) is 12.0. The molecule has 3 N–H and O–H groups in total. The van der Waals surface area contributed by atoms with Crippen LogP contribution in [0.1, 0.15) is 34.5 Å². The van der Waals surface area contributed by atoms with Gasteiger partial charge in [0.2, 0.25) is 5.91 Å². The lowest BCUT2D eigenvalue weighted by atomic mass is 9.95. The summed E-state index contributed by atoms with van der Waals surface area (Å²) < 4.78 is 14.4. The van der Waals surface area contributed by atoms with Gasteiger partial charge in [0.05, 0.1) is 28.7 Å². The van der Waals surface area contributed by atoms with Crippen molar-refractivity contribution in [3.63, 3.8) is 0 Å². The van der Waals surface area contributed by atoms with Gasteiger partial charge >= 0.3 is 0 Å². The van der Waals surface area contributed by atoms with Gasteiger partial charge < -0.3 is 11.1 Å². The molecule has 1 aromatic carbocycles. The summed E-state index contributed by atoms with van der Waals surface area (Å²) in [6, 6.07) is 6.23. The molecule has 156 valence electrons. The quantitative estimate of drug-likeness (QED) is 0.494. The molecule has 8 nitrogen and oxygen atoms in total. The summed E-state index contributed by atoms with van der Waals surface area (Å²) in [5.74, 6) is -0.657. The van der Waals surface area contributed by atoms with Crippen LogP contribution < -0.4 is 11.1 Å². The summed E-state index contributed by atoms with van der Waals surface area (Å²) in [6.45, 7) is 4.34. The lowest BCUT2D eigenvalue weighted by Gasteiger charge is -2.16. The van der Waals surface area contributed by atoms with Crippen LogP contribution in [0.4, 0.5) is 10.2 Å². The van der Waals surface area contributed by atoms with E-state index < -0.39 is 11.7 Å². The molecule has 0 fully saturated rings. The van der Waals surface area contributed by atoms with Crippen molar-refractivity contribution in [1.29, 1.82) is 0 Å². The van der Waals surface area contributed by atoms with Crippen molar-refractivity contribution in [1.82, 2.24) is 24.9 Å². The molecule has 0 spiro atoms. The van der Waals surface area contributed by atoms with E-state index in [4.69, 9.17) is 5.73 Å². The number of amides is 1. The van der Waals surface area contributed by atoms with Crippen LogP contribution >= 0.6 is 0 Å². The molecule has 0 saturated carbocycles. The van der Waals surface area contributed by atoms with Crippen LogP contribution in [0.3, 0.4) is 0 Å². The van der Waals surface area contributed by atoms with Gasteiger partial charge in [0.1, 0.15) is 23.7 Å². The number of hydrogen-bond acceptors (Lipinski definition) is 7. The highest BCUT2D eigenvalue weighted by Crippen LogP contribution is 2.28. The number of pyridine rings is 1. The molecule has 4 aromatic rings. The third-order valence-corrected chi connectivity index (χ3v) is 4.97. The second-order valence-corrected chi connectivity index (χ2v) is 7.20. The molecule has 1 amide bonds. The number of fused-ring (bicyclic) bond motifs is 1. The molecule has 0 unspecified atom stereocenters. The third kappa shape index (κ3) is 4.16. The van der Waals surface area contributed by atoms with Gasteiger partial charge in [-0.05, 0) is 24.6 Å². The van der Waals surface area contributed by atoms with Gasteiger partial charge in [-0.25, -0.2) is 14.4 Å². The SMILES string of the molecule is Cc1cnc(-c2cc(NC[C@@H](C)c3ccc(F)c4c(C(N)=O)ccnc34)ncn2)cn1. The van der Waals surface area contributed by atoms with Crippen LogP contribution in [0.15, 0.2) is 49.2 Å². The number of nitrogens with two attached hydrogens (primary N) is 1. The van der Waals surface area contributed by atoms with E-state index in [2.05, 4.69) is 30.2 Å². The van der Waals surface area contributed by atoms with Gasteiger partial charge in [-0.2, -0.15) is 0 Å². The van der Waals surface area contributed by atoms with Crippen LogP contribution in [0.2, 0.25) is 0 Å². The van der Waals surface area contributed by atoms with Crippen molar-refractivity contribution >= 4 is 22.6 Å². The number of nitrogens with one attached hydrogen (secondary N) is 1. The number of carbonyl (C=O) groups excluding carboxylic acids is 1. The highest BCUT2D eigenvalue weighted by Gasteiger charge is 2.18. The summed E-state index contributed by atoms with van der Waals surface area (Å²) in [7, 11) is 0. The van der Waals surface area contributed by atoms with Gasteiger partial charge in [0, 0.05) is 36.3 Å². The van der Waals surface area contributed by atoms with Crippen LogP contribution in [-0.4, -0.2) is 37.4 Å². The average Bonchev–Trinajstić information content (AvgIpc) is 2.78. The minimum Gasteiger partial charge on any atom is -0.369 e. The highest BCUT2D eigenvalue weighted by molar-refractivity contribution is 6.06. The number of benzene rings is 1. The third-order valence-electron chi connectivity index (χ3n) is 4.97. The Morgan fingerprint density at radius 2 is 1.94 bits per heavy atom. The molecule has 31 heavy (non-hydrogen) atoms. The Kier molecular flexibility index (Phi) is 5.48. The first-order valence-electron chi connectivity index (χ1n) is 9.66. The van der Waals surface area contributed by atoms with Crippen molar-refractivity contribution in [2.75, 3.05) is 11.9 Å². The molecule has 0 aliphatic heterocycles. The van der Waals surface area contributed by atoms with Crippen LogP contribution in [0, 0.1) is 12.7 Å². The van der Waals surface area contributed by atoms with Crippen molar-refractivity contribution in [3.8, 4) is 11.4 Å². The molecular formula is C22H20FN7O. The highest BCUT2D eigenvalue weighted by atomic mass is 19.1. The molecule has 9 heteroatoms. The Morgan fingerprint density at radius 3 is 2.68 bits per heavy atom. The lowest BCUT2D eigenvalue weighted by Crippen LogP contribution is -2.14. The van der Waals surface area contributed by atoms with Crippen molar-refractivity contribution in [2.45, 2.75) is 19.8 Å². The Balaban J connectivity index is 1.58. The first-order chi connectivity index (χ1) is 14.9. The molecule has 4 rings (SSSR count). The van der Waals surface area contributed by atoms with E-state index in [0.29, 0.717) is 29.3 Å². The first kappa shape index (κ1) is 20.3. The summed E-state index contributed by atoms with van der Waals surface area (Å²) >= 11 is 0.